The molecule has 1 amide bonds. The number of fused-ring (bicyclic) bond motifs is 1. The number of carbonyl (C=O) groups excluding carboxylic acids is 1. The first-order chi connectivity index (χ1) is 8.28. The van der Waals surface area contributed by atoms with Crippen LogP contribution in [0.4, 0.5) is 0 Å². The summed E-state index contributed by atoms with van der Waals surface area (Å²) < 4.78 is 3.47. The predicted molar refractivity (Wildman–Crippen MR) is 58.3 cm³/mol. The second-order valence-corrected chi connectivity index (χ2v) is 4.07. The molecule has 1 aliphatic heterocycles. The van der Waals surface area contributed by atoms with Gasteiger partial charge in [-0.2, -0.15) is 9.78 Å². The SMILES string of the molecule is Cn1ccc(-n2nnc3c2CCN(C=O)C3)n1. The molecule has 1 aliphatic rings. The molecule has 2 aromatic rings. The summed E-state index contributed by atoms with van der Waals surface area (Å²) in [5, 5.41) is 12.5. The average molecular weight is 232 g/mol. The van der Waals surface area contributed by atoms with E-state index in [9.17, 15) is 4.79 Å². The molecule has 0 aliphatic carbocycles. The van der Waals surface area contributed by atoms with E-state index in [-0.39, 0.29) is 0 Å². The monoisotopic (exact) mass is 232 g/mol. The van der Waals surface area contributed by atoms with Gasteiger partial charge in [-0.15, -0.1) is 5.10 Å². The Morgan fingerprint density at radius 3 is 3.06 bits per heavy atom. The Hall–Kier alpha value is -2.18. The molecule has 2 aromatic heterocycles. The molecule has 88 valence electrons. The van der Waals surface area contributed by atoms with Gasteiger partial charge in [-0.05, 0) is 0 Å². The first kappa shape index (κ1) is 10.0. The standard InChI is InChI=1S/C10H12N6O/c1-14-4-3-10(12-14)16-9-2-5-15(7-17)6-8(9)11-13-16/h3-4,7H,2,5-6H2,1H3. The number of aryl methyl sites for hydroxylation is 1. The number of amides is 1. The fourth-order valence-corrected chi connectivity index (χ4v) is 2.02. The van der Waals surface area contributed by atoms with Crippen LogP contribution in [0.25, 0.3) is 5.82 Å². The lowest BCUT2D eigenvalue weighted by atomic mass is 10.1. The predicted octanol–water partition coefficient (Wildman–Crippen LogP) is -0.485. The Balaban J connectivity index is 1.99. The molecule has 0 atom stereocenters. The number of nitrogens with zero attached hydrogens (tertiary/aromatic N) is 6. The highest BCUT2D eigenvalue weighted by Gasteiger charge is 2.22. The van der Waals surface area contributed by atoms with E-state index in [1.165, 1.54) is 0 Å². The molecule has 7 heteroatoms. The topological polar surface area (TPSA) is 68.8 Å². The van der Waals surface area contributed by atoms with Crippen LogP contribution in [0.2, 0.25) is 0 Å². The molecule has 0 fully saturated rings. The van der Waals surface area contributed by atoms with E-state index in [1.807, 2.05) is 19.3 Å². The minimum atomic E-state index is 0.533. The first-order valence-electron chi connectivity index (χ1n) is 5.41. The third-order valence-corrected chi connectivity index (χ3v) is 2.90. The lowest BCUT2D eigenvalue weighted by Crippen LogP contribution is -2.30. The summed E-state index contributed by atoms with van der Waals surface area (Å²) >= 11 is 0. The summed E-state index contributed by atoms with van der Waals surface area (Å²) in [6, 6.07) is 1.89. The van der Waals surface area contributed by atoms with E-state index in [1.54, 1.807) is 14.3 Å². The van der Waals surface area contributed by atoms with E-state index < -0.39 is 0 Å². The number of aromatic nitrogens is 5. The molecule has 0 saturated carbocycles. The van der Waals surface area contributed by atoms with Crippen LogP contribution in [0, 0.1) is 0 Å². The van der Waals surface area contributed by atoms with Crippen LogP contribution in [-0.4, -0.2) is 42.6 Å². The van der Waals surface area contributed by atoms with Gasteiger partial charge in [0.1, 0.15) is 5.69 Å². The average Bonchev–Trinajstić information content (AvgIpc) is 2.93. The van der Waals surface area contributed by atoms with Gasteiger partial charge in [-0.3, -0.25) is 9.48 Å². The Morgan fingerprint density at radius 2 is 2.35 bits per heavy atom. The van der Waals surface area contributed by atoms with Crippen molar-refractivity contribution in [2.24, 2.45) is 7.05 Å². The lowest BCUT2D eigenvalue weighted by molar-refractivity contribution is -0.119. The Bertz CT molecular complexity index is 557. The molecule has 0 radical (unpaired) electrons. The molecule has 3 rings (SSSR count). The lowest BCUT2D eigenvalue weighted by Gasteiger charge is -2.21. The molecule has 0 spiro atoms. The van der Waals surface area contributed by atoms with E-state index in [0.29, 0.717) is 13.1 Å². The minimum absolute atomic E-state index is 0.533. The molecular weight excluding hydrogens is 220 g/mol. The summed E-state index contributed by atoms with van der Waals surface area (Å²) in [6.07, 6.45) is 3.48. The van der Waals surface area contributed by atoms with Gasteiger partial charge in [-0.1, -0.05) is 5.21 Å². The maximum atomic E-state index is 10.7. The van der Waals surface area contributed by atoms with Crippen LogP contribution in [0.15, 0.2) is 12.3 Å². The fraction of sp³-hybridized carbons (Fsp3) is 0.400. The largest absolute Gasteiger partial charge is 0.339 e. The van der Waals surface area contributed by atoms with Gasteiger partial charge in [0, 0.05) is 32.3 Å². The smallest absolute Gasteiger partial charge is 0.210 e. The van der Waals surface area contributed by atoms with Crippen molar-refractivity contribution >= 4 is 6.41 Å². The highest BCUT2D eigenvalue weighted by Crippen LogP contribution is 2.17. The zero-order chi connectivity index (χ0) is 11.8. The quantitative estimate of drug-likeness (QED) is 0.655. The Kier molecular flexibility index (Phi) is 2.17. The van der Waals surface area contributed by atoms with Crippen molar-refractivity contribution in [3.8, 4) is 5.82 Å². The molecule has 0 unspecified atom stereocenters. The van der Waals surface area contributed by atoms with Crippen LogP contribution in [0.5, 0.6) is 0 Å². The molecule has 17 heavy (non-hydrogen) atoms. The Morgan fingerprint density at radius 1 is 1.47 bits per heavy atom. The third-order valence-electron chi connectivity index (χ3n) is 2.90. The second kappa shape index (κ2) is 3.69. The van der Waals surface area contributed by atoms with Crippen LogP contribution in [0.3, 0.4) is 0 Å². The minimum Gasteiger partial charge on any atom is -0.339 e. The number of rotatable bonds is 2. The van der Waals surface area contributed by atoms with Crippen molar-refractivity contribution in [2.45, 2.75) is 13.0 Å². The van der Waals surface area contributed by atoms with Crippen molar-refractivity contribution in [3.05, 3.63) is 23.7 Å². The molecule has 0 N–H and O–H groups in total. The molecule has 0 saturated heterocycles. The highest BCUT2D eigenvalue weighted by molar-refractivity contribution is 5.48. The third kappa shape index (κ3) is 1.59. The van der Waals surface area contributed by atoms with E-state index in [2.05, 4.69) is 15.4 Å². The van der Waals surface area contributed by atoms with Crippen molar-refractivity contribution in [3.63, 3.8) is 0 Å². The summed E-state index contributed by atoms with van der Waals surface area (Å²) in [6.45, 7) is 1.24. The molecule has 0 aromatic carbocycles. The van der Waals surface area contributed by atoms with Crippen molar-refractivity contribution in [2.75, 3.05) is 6.54 Å². The molecule has 0 bridgehead atoms. The van der Waals surface area contributed by atoms with Gasteiger partial charge < -0.3 is 4.90 Å². The molecular formula is C10H12N6O. The van der Waals surface area contributed by atoms with Crippen molar-refractivity contribution in [1.29, 1.82) is 0 Å². The number of carbonyl (C=O) groups is 1. The first-order valence-corrected chi connectivity index (χ1v) is 5.41. The fourth-order valence-electron chi connectivity index (χ4n) is 2.02. The van der Waals surface area contributed by atoms with E-state index in [0.717, 1.165) is 30.0 Å². The normalized spacial score (nSPS) is 14.8. The van der Waals surface area contributed by atoms with Crippen molar-refractivity contribution in [1.82, 2.24) is 29.7 Å². The van der Waals surface area contributed by atoms with Crippen LogP contribution < -0.4 is 0 Å². The van der Waals surface area contributed by atoms with Crippen molar-refractivity contribution < 1.29 is 4.79 Å². The van der Waals surface area contributed by atoms with Gasteiger partial charge in [0.05, 0.1) is 12.2 Å². The zero-order valence-electron chi connectivity index (χ0n) is 9.44. The van der Waals surface area contributed by atoms with Crippen LogP contribution in [0.1, 0.15) is 11.4 Å². The van der Waals surface area contributed by atoms with Gasteiger partial charge in [0.25, 0.3) is 0 Å². The van der Waals surface area contributed by atoms with E-state index in [4.69, 9.17) is 0 Å². The highest BCUT2D eigenvalue weighted by atomic mass is 16.1. The summed E-state index contributed by atoms with van der Waals surface area (Å²) in [5.41, 5.74) is 1.90. The van der Waals surface area contributed by atoms with Crippen LogP contribution >= 0.6 is 0 Å². The van der Waals surface area contributed by atoms with Crippen LogP contribution in [-0.2, 0) is 24.8 Å². The number of hydrogen-bond acceptors (Lipinski definition) is 4. The van der Waals surface area contributed by atoms with Gasteiger partial charge in [0.15, 0.2) is 5.82 Å². The summed E-state index contributed by atoms with van der Waals surface area (Å²) in [4.78, 5) is 12.4. The maximum Gasteiger partial charge on any atom is 0.210 e. The maximum absolute atomic E-state index is 10.7. The summed E-state index contributed by atoms with van der Waals surface area (Å²) in [5.74, 6) is 0.765. The molecule has 3 heterocycles. The molecule has 7 nitrogen and oxygen atoms in total. The van der Waals surface area contributed by atoms with E-state index >= 15 is 0 Å². The van der Waals surface area contributed by atoms with Gasteiger partial charge >= 0.3 is 0 Å². The van der Waals surface area contributed by atoms with Gasteiger partial charge in [-0.25, -0.2) is 0 Å². The second-order valence-electron chi connectivity index (χ2n) is 4.07. The Labute approximate surface area is 97.6 Å². The summed E-state index contributed by atoms with van der Waals surface area (Å²) in [7, 11) is 1.86. The number of hydrogen-bond donors (Lipinski definition) is 0. The van der Waals surface area contributed by atoms with Gasteiger partial charge in [0.2, 0.25) is 6.41 Å². The zero-order valence-corrected chi connectivity index (χ0v) is 9.44.